The molecule has 0 aliphatic carbocycles. The molecule has 3 nitrogen and oxygen atoms in total. The highest BCUT2D eigenvalue weighted by Crippen LogP contribution is 2.27. The van der Waals surface area contributed by atoms with Crippen LogP contribution in [0.5, 0.6) is 11.5 Å². The van der Waals surface area contributed by atoms with Gasteiger partial charge in [0.2, 0.25) is 0 Å². The molecule has 0 unspecified atom stereocenters. The van der Waals surface area contributed by atoms with Gasteiger partial charge in [0.1, 0.15) is 0 Å². The van der Waals surface area contributed by atoms with Crippen molar-refractivity contribution in [3.05, 3.63) is 23.8 Å². The van der Waals surface area contributed by atoms with Crippen LogP contribution < -0.4 is 4.74 Å². The van der Waals surface area contributed by atoms with Crippen molar-refractivity contribution in [3.8, 4) is 11.5 Å². The fourth-order valence-corrected chi connectivity index (χ4v) is 1.27. The summed E-state index contributed by atoms with van der Waals surface area (Å²) >= 11 is 0. The number of methoxy groups -OCH3 is 1. The molecule has 0 saturated carbocycles. The van der Waals surface area contributed by atoms with Crippen LogP contribution in [0.2, 0.25) is 0 Å². The second-order valence-corrected chi connectivity index (χ2v) is 3.44. The number of ether oxygens (including phenoxy) is 2. The Morgan fingerprint density at radius 1 is 1.33 bits per heavy atom. The highest BCUT2D eigenvalue weighted by Gasteiger charge is 2.03. The molecular formula is C12H18O3. The molecule has 0 spiro atoms. The number of hydrogen-bond donors (Lipinski definition) is 1. The van der Waals surface area contributed by atoms with Gasteiger partial charge in [0.05, 0.1) is 13.2 Å². The summed E-state index contributed by atoms with van der Waals surface area (Å²) in [4.78, 5) is 0. The zero-order valence-electron chi connectivity index (χ0n) is 9.32. The van der Waals surface area contributed by atoms with Gasteiger partial charge in [-0.05, 0) is 24.1 Å². The van der Waals surface area contributed by atoms with Crippen molar-refractivity contribution in [1.29, 1.82) is 0 Å². The Labute approximate surface area is 90.6 Å². The van der Waals surface area contributed by atoms with E-state index in [4.69, 9.17) is 9.47 Å². The van der Waals surface area contributed by atoms with Gasteiger partial charge in [-0.25, -0.2) is 0 Å². The van der Waals surface area contributed by atoms with E-state index >= 15 is 0 Å². The second kappa shape index (κ2) is 6.30. The molecule has 0 aliphatic rings. The first-order chi connectivity index (χ1) is 7.27. The van der Waals surface area contributed by atoms with E-state index < -0.39 is 0 Å². The largest absolute Gasteiger partial charge is 0.504 e. The molecule has 0 amide bonds. The van der Waals surface area contributed by atoms with E-state index in [1.54, 1.807) is 19.2 Å². The van der Waals surface area contributed by atoms with Crippen LogP contribution in [0.15, 0.2) is 18.2 Å². The number of phenolic OH excluding ortho intramolecular Hbond substituents is 1. The van der Waals surface area contributed by atoms with Crippen molar-refractivity contribution in [1.82, 2.24) is 0 Å². The van der Waals surface area contributed by atoms with Crippen LogP contribution in [0.3, 0.4) is 0 Å². The lowest BCUT2D eigenvalue weighted by molar-refractivity contribution is 0.184. The summed E-state index contributed by atoms with van der Waals surface area (Å²) in [5, 5.41) is 9.64. The van der Waals surface area contributed by atoms with Crippen molar-refractivity contribution in [2.75, 3.05) is 13.7 Å². The number of hydrogen-bond acceptors (Lipinski definition) is 3. The summed E-state index contributed by atoms with van der Waals surface area (Å²) < 4.78 is 10.4. The lowest BCUT2D eigenvalue weighted by Crippen LogP contribution is -1.97. The van der Waals surface area contributed by atoms with Crippen LogP contribution in [-0.4, -0.2) is 18.8 Å². The Hall–Kier alpha value is -1.22. The Bertz CT molecular complexity index is 297. The SMILES string of the molecule is CCCCOc1ccc(COC)cc1O. The molecular weight excluding hydrogens is 192 g/mol. The number of phenols is 1. The van der Waals surface area contributed by atoms with Crippen LogP contribution in [0.25, 0.3) is 0 Å². The molecule has 1 rings (SSSR count). The lowest BCUT2D eigenvalue weighted by Gasteiger charge is -2.08. The molecule has 1 aromatic rings. The van der Waals surface area contributed by atoms with Gasteiger partial charge < -0.3 is 14.6 Å². The van der Waals surface area contributed by atoms with E-state index in [2.05, 4.69) is 6.92 Å². The van der Waals surface area contributed by atoms with Crippen molar-refractivity contribution >= 4 is 0 Å². The Kier molecular flexibility index (Phi) is 4.98. The fourth-order valence-electron chi connectivity index (χ4n) is 1.27. The molecule has 84 valence electrons. The van der Waals surface area contributed by atoms with Crippen LogP contribution in [0.4, 0.5) is 0 Å². The standard InChI is InChI=1S/C12H18O3/c1-3-4-7-15-12-6-5-10(9-14-2)8-11(12)13/h5-6,8,13H,3-4,7,9H2,1-2H3. The maximum absolute atomic E-state index is 9.64. The van der Waals surface area contributed by atoms with Crippen LogP contribution >= 0.6 is 0 Å². The summed E-state index contributed by atoms with van der Waals surface area (Å²) in [7, 11) is 1.63. The summed E-state index contributed by atoms with van der Waals surface area (Å²) in [5.41, 5.74) is 0.942. The van der Waals surface area contributed by atoms with Gasteiger partial charge in [-0.1, -0.05) is 19.4 Å². The van der Waals surface area contributed by atoms with Gasteiger partial charge in [-0.15, -0.1) is 0 Å². The van der Waals surface area contributed by atoms with Crippen LogP contribution in [-0.2, 0) is 11.3 Å². The first-order valence-electron chi connectivity index (χ1n) is 5.21. The first kappa shape index (κ1) is 11.9. The predicted molar refractivity (Wildman–Crippen MR) is 59.2 cm³/mol. The van der Waals surface area contributed by atoms with Gasteiger partial charge in [-0.3, -0.25) is 0 Å². The molecule has 0 aliphatic heterocycles. The Morgan fingerprint density at radius 2 is 2.13 bits per heavy atom. The smallest absolute Gasteiger partial charge is 0.160 e. The number of unbranched alkanes of at least 4 members (excludes halogenated alkanes) is 1. The molecule has 0 aromatic heterocycles. The molecule has 0 bridgehead atoms. The maximum Gasteiger partial charge on any atom is 0.160 e. The normalized spacial score (nSPS) is 10.3. The molecule has 0 radical (unpaired) electrons. The molecule has 15 heavy (non-hydrogen) atoms. The predicted octanol–water partition coefficient (Wildman–Crippen LogP) is 2.72. The lowest BCUT2D eigenvalue weighted by atomic mass is 10.2. The van der Waals surface area contributed by atoms with Gasteiger partial charge in [0.15, 0.2) is 11.5 Å². The minimum atomic E-state index is 0.181. The van der Waals surface area contributed by atoms with E-state index in [0.717, 1.165) is 18.4 Å². The van der Waals surface area contributed by atoms with Gasteiger partial charge in [-0.2, -0.15) is 0 Å². The average Bonchev–Trinajstić information content (AvgIpc) is 2.22. The summed E-state index contributed by atoms with van der Waals surface area (Å²) in [6.45, 7) is 3.25. The van der Waals surface area contributed by atoms with Crippen LogP contribution in [0, 0.1) is 0 Å². The van der Waals surface area contributed by atoms with Crippen molar-refractivity contribution in [2.45, 2.75) is 26.4 Å². The minimum absolute atomic E-state index is 0.181. The minimum Gasteiger partial charge on any atom is -0.504 e. The average molecular weight is 210 g/mol. The Morgan fingerprint density at radius 3 is 2.73 bits per heavy atom. The third-order valence-corrected chi connectivity index (χ3v) is 2.09. The first-order valence-corrected chi connectivity index (χ1v) is 5.21. The number of aromatic hydroxyl groups is 1. The highest BCUT2D eigenvalue weighted by molar-refractivity contribution is 5.41. The molecule has 0 heterocycles. The van der Waals surface area contributed by atoms with E-state index in [1.807, 2.05) is 6.07 Å². The van der Waals surface area contributed by atoms with Gasteiger partial charge in [0.25, 0.3) is 0 Å². The third kappa shape index (κ3) is 3.80. The molecule has 3 heteroatoms. The summed E-state index contributed by atoms with van der Waals surface area (Å²) in [5.74, 6) is 0.726. The molecule has 1 N–H and O–H groups in total. The van der Waals surface area contributed by atoms with Gasteiger partial charge >= 0.3 is 0 Å². The molecule has 1 aromatic carbocycles. The zero-order chi connectivity index (χ0) is 11.1. The van der Waals surface area contributed by atoms with E-state index in [0.29, 0.717) is 19.0 Å². The number of rotatable bonds is 6. The molecule has 0 saturated heterocycles. The van der Waals surface area contributed by atoms with Crippen LogP contribution in [0.1, 0.15) is 25.3 Å². The highest BCUT2D eigenvalue weighted by atomic mass is 16.5. The van der Waals surface area contributed by atoms with Gasteiger partial charge in [0, 0.05) is 7.11 Å². The fraction of sp³-hybridized carbons (Fsp3) is 0.500. The van der Waals surface area contributed by atoms with E-state index in [-0.39, 0.29) is 5.75 Å². The van der Waals surface area contributed by atoms with E-state index in [1.165, 1.54) is 0 Å². The quantitative estimate of drug-likeness (QED) is 0.734. The monoisotopic (exact) mass is 210 g/mol. The summed E-state index contributed by atoms with van der Waals surface area (Å²) in [6.07, 6.45) is 2.09. The van der Waals surface area contributed by atoms with Crippen molar-refractivity contribution in [3.63, 3.8) is 0 Å². The van der Waals surface area contributed by atoms with E-state index in [9.17, 15) is 5.11 Å². The molecule has 0 fully saturated rings. The third-order valence-electron chi connectivity index (χ3n) is 2.09. The second-order valence-electron chi connectivity index (χ2n) is 3.44. The number of benzene rings is 1. The topological polar surface area (TPSA) is 38.7 Å². The van der Waals surface area contributed by atoms with Crippen molar-refractivity contribution in [2.24, 2.45) is 0 Å². The Balaban J connectivity index is 2.58. The molecule has 0 atom stereocenters. The summed E-state index contributed by atoms with van der Waals surface area (Å²) in [6, 6.07) is 5.34. The zero-order valence-corrected chi connectivity index (χ0v) is 9.32. The van der Waals surface area contributed by atoms with Crippen molar-refractivity contribution < 1.29 is 14.6 Å². The maximum atomic E-state index is 9.64.